The van der Waals surface area contributed by atoms with E-state index in [1.807, 2.05) is 0 Å². The number of nitrogens with zero attached hydrogens (tertiary/aromatic N) is 4. The zero-order valence-electron chi connectivity index (χ0n) is 18.7. The molecule has 0 aliphatic rings. The number of H-pyrrole nitrogens is 1. The van der Waals surface area contributed by atoms with Crippen molar-refractivity contribution in [3.63, 3.8) is 0 Å². The number of pyridine rings is 1. The van der Waals surface area contributed by atoms with Crippen molar-refractivity contribution in [3.8, 4) is 11.3 Å². The third-order valence-electron chi connectivity index (χ3n) is 5.45. The van der Waals surface area contributed by atoms with Crippen molar-refractivity contribution >= 4 is 16.5 Å². The summed E-state index contributed by atoms with van der Waals surface area (Å²) in [5.41, 5.74) is -3.65. The Balaban J connectivity index is 1.51. The minimum Gasteiger partial charge on any atom is -0.381 e. The summed E-state index contributed by atoms with van der Waals surface area (Å²) in [7, 11) is 0. The maximum Gasteiger partial charge on any atom is 0.423 e. The van der Waals surface area contributed by atoms with Crippen LogP contribution in [-0.4, -0.2) is 36.9 Å². The highest BCUT2D eigenvalue weighted by Crippen LogP contribution is 2.32. The van der Waals surface area contributed by atoms with Crippen molar-refractivity contribution < 1.29 is 22.0 Å². The van der Waals surface area contributed by atoms with Gasteiger partial charge in [0.25, 0.3) is 11.1 Å². The molecule has 0 fully saturated rings. The predicted molar refractivity (Wildman–Crippen MR) is 122 cm³/mol. The molecule has 3 aromatic heterocycles. The van der Waals surface area contributed by atoms with Crippen LogP contribution in [0.1, 0.15) is 18.9 Å². The lowest BCUT2D eigenvalue weighted by molar-refractivity contribution is -0.138. The molecular formula is C23H19F5N6O2. The lowest BCUT2D eigenvalue weighted by Crippen LogP contribution is -2.30. The van der Waals surface area contributed by atoms with Crippen molar-refractivity contribution in [3.05, 3.63) is 81.3 Å². The summed E-state index contributed by atoms with van der Waals surface area (Å²) in [6, 6.07) is 3.19. The normalized spacial score (nSPS) is 13.5. The first kappa shape index (κ1) is 24.9. The van der Waals surface area contributed by atoms with Gasteiger partial charge in [-0.1, -0.05) is 0 Å². The van der Waals surface area contributed by atoms with Crippen LogP contribution in [0.15, 0.2) is 58.8 Å². The average molecular weight is 506 g/mol. The van der Waals surface area contributed by atoms with Gasteiger partial charge >= 0.3 is 6.18 Å². The number of benzene rings is 1. The lowest BCUT2D eigenvalue weighted by atomic mass is 10.1. The van der Waals surface area contributed by atoms with Gasteiger partial charge < -0.3 is 9.88 Å². The number of aromatic amines is 1. The summed E-state index contributed by atoms with van der Waals surface area (Å²) >= 11 is 0. The van der Waals surface area contributed by atoms with Gasteiger partial charge in [0, 0.05) is 36.6 Å². The van der Waals surface area contributed by atoms with Crippen LogP contribution in [0.25, 0.3) is 22.0 Å². The molecule has 0 unspecified atom stereocenters. The Hall–Kier alpha value is -4.16. The van der Waals surface area contributed by atoms with Gasteiger partial charge in [-0.25, -0.2) is 13.9 Å². The number of aromatic nitrogens is 5. The van der Waals surface area contributed by atoms with Crippen molar-refractivity contribution in [1.82, 2.24) is 24.7 Å². The molecule has 0 amide bonds. The van der Waals surface area contributed by atoms with E-state index >= 15 is 0 Å². The lowest BCUT2D eigenvalue weighted by Gasteiger charge is -2.20. The van der Waals surface area contributed by atoms with Crippen molar-refractivity contribution in [1.29, 1.82) is 0 Å². The molecule has 13 heteroatoms. The molecule has 4 rings (SSSR count). The molecule has 8 nitrogen and oxygen atoms in total. The Bertz CT molecular complexity index is 1500. The fourth-order valence-corrected chi connectivity index (χ4v) is 3.87. The average Bonchev–Trinajstić information content (AvgIpc) is 2.80. The van der Waals surface area contributed by atoms with E-state index in [1.165, 1.54) is 43.8 Å². The molecule has 3 heterocycles. The number of hydrogen-bond donors (Lipinski definition) is 2. The van der Waals surface area contributed by atoms with Crippen LogP contribution in [0.4, 0.5) is 27.6 Å². The van der Waals surface area contributed by atoms with Crippen LogP contribution in [0, 0.1) is 5.82 Å². The molecule has 0 saturated heterocycles. The molecule has 1 aromatic carbocycles. The largest absolute Gasteiger partial charge is 0.423 e. The van der Waals surface area contributed by atoms with Gasteiger partial charge in [0.15, 0.2) is 0 Å². The van der Waals surface area contributed by atoms with Crippen molar-refractivity contribution in [2.24, 2.45) is 0 Å². The van der Waals surface area contributed by atoms with Crippen molar-refractivity contribution in [2.75, 3.05) is 5.32 Å². The van der Waals surface area contributed by atoms with E-state index < -0.39 is 53.1 Å². The minimum absolute atomic E-state index is 0.0328. The van der Waals surface area contributed by atoms with E-state index in [0.717, 1.165) is 16.8 Å². The topological polar surface area (TPSA) is 106 Å². The Morgan fingerprint density at radius 2 is 1.94 bits per heavy atom. The number of anilines is 1. The summed E-state index contributed by atoms with van der Waals surface area (Å²) in [4.78, 5) is 32.4. The van der Waals surface area contributed by atoms with Crippen LogP contribution >= 0.6 is 0 Å². The maximum atomic E-state index is 14.8. The zero-order chi connectivity index (χ0) is 26.0. The standard InChI is InChI=1S/C23H19F5N6O2/c1-12(32-19-10-31-33-21(35)20(19)23(26,27)28)6-14(24)11-34-5-2-13-7-16(18-9-29-3-4-30-18)17(25)8-15(13)22(34)36/h2-5,7-10,12,14H,6,11H2,1H3,(H2,32,33,35)/t12-,14+/m1/s1. The van der Waals surface area contributed by atoms with Gasteiger partial charge in [-0.2, -0.15) is 18.3 Å². The third kappa shape index (κ3) is 5.24. The summed E-state index contributed by atoms with van der Waals surface area (Å²) < 4.78 is 70.2. The third-order valence-corrected chi connectivity index (χ3v) is 5.45. The first-order valence-electron chi connectivity index (χ1n) is 10.7. The van der Waals surface area contributed by atoms with Crippen LogP contribution < -0.4 is 16.4 Å². The molecule has 4 aromatic rings. The van der Waals surface area contributed by atoms with Crippen LogP contribution in [0.5, 0.6) is 0 Å². The molecule has 0 saturated carbocycles. The highest BCUT2D eigenvalue weighted by atomic mass is 19.4. The minimum atomic E-state index is -4.94. The number of halogens is 5. The molecular weight excluding hydrogens is 487 g/mol. The van der Waals surface area contributed by atoms with Gasteiger partial charge in [-0.3, -0.25) is 19.6 Å². The van der Waals surface area contributed by atoms with E-state index in [2.05, 4.69) is 20.4 Å². The molecule has 0 aliphatic carbocycles. The van der Waals surface area contributed by atoms with E-state index in [9.17, 15) is 31.5 Å². The second-order valence-electron chi connectivity index (χ2n) is 8.15. The van der Waals surface area contributed by atoms with Gasteiger partial charge in [0.1, 0.15) is 17.6 Å². The quantitative estimate of drug-likeness (QED) is 0.368. The highest BCUT2D eigenvalue weighted by molar-refractivity contribution is 5.86. The van der Waals surface area contributed by atoms with E-state index in [4.69, 9.17) is 0 Å². The van der Waals surface area contributed by atoms with Gasteiger partial charge in [0.2, 0.25) is 0 Å². The summed E-state index contributed by atoms with van der Waals surface area (Å²) in [5.74, 6) is -0.695. The summed E-state index contributed by atoms with van der Waals surface area (Å²) in [5, 5.41) is 7.99. The van der Waals surface area contributed by atoms with Gasteiger partial charge in [-0.05, 0) is 30.5 Å². The first-order valence-corrected chi connectivity index (χ1v) is 10.7. The Morgan fingerprint density at radius 1 is 1.17 bits per heavy atom. The molecule has 0 spiro atoms. The van der Waals surface area contributed by atoms with Crippen LogP contribution in [-0.2, 0) is 12.7 Å². The molecule has 2 N–H and O–H groups in total. The molecule has 188 valence electrons. The van der Waals surface area contributed by atoms with Crippen LogP contribution in [0.3, 0.4) is 0 Å². The Kier molecular flexibility index (Phi) is 6.82. The maximum absolute atomic E-state index is 14.8. The Morgan fingerprint density at radius 3 is 2.64 bits per heavy atom. The second kappa shape index (κ2) is 9.84. The monoisotopic (exact) mass is 506 g/mol. The smallest absolute Gasteiger partial charge is 0.381 e. The molecule has 0 aliphatic heterocycles. The zero-order valence-corrected chi connectivity index (χ0v) is 18.7. The molecule has 0 bridgehead atoms. The van der Waals surface area contributed by atoms with E-state index in [1.54, 1.807) is 5.10 Å². The first-order chi connectivity index (χ1) is 17.0. The van der Waals surface area contributed by atoms with Gasteiger partial charge in [0.05, 0.1) is 35.7 Å². The fourth-order valence-electron chi connectivity index (χ4n) is 3.87. The highest BCUT2D eigenvalue weighted by Gasteiger charge is 2.37. The Labute approximate surface area is 199 Å². The van der Waals surface area contributed by atoms with Crippen LogP contribution in [0.2, 0.25) is 0 Å². The summed E-state index contributed by atoms with van der Waals surface area (Å²) in [6.45, 7) is 1.02. The number of rotatable bonds is 7. The van der Waals surface area contributed by atoms with Crippen molar-refractivity contribution in [2.45, 2.75) is 38.3 Å². The van der Waals surface area contributed by atoms with Gasteiger partial charge in [-0.15, -0.1) is 0 Å². The second-order valence-corrected chi connectivity index (χ2v) is 8.15. The number of fused-ring (bicyclic) bond motifs is 1. The number of nitrogens with one attached hydrogen (secondary N) is 2. The SMILES string of the molecule is C[C@H](C[C@H](F)Cn1ccc2cc(-c3cnccn3)c(F)cc2c1=O)Nc1cn[nH]c(=O)c1C(F)(F)F. The van der Waals surface area contributed by atoms with E-state index in [0.29, 0.717) is 5.39 Å². The number of alkyl halides is 4. The van der Waals surface area contributed by atoms with E-state index in [-0.39, 0.29) is 23.1 Å². The predicted octanol–water partition coefficient (Wildman–Crippen LogP) is 3.93. The number of hydrogen-bond acceptors (Lipinski definition) is 6. The summed E-state index contributed by atoms with van der Waals surface area (Å²) in [6.07, 6.45) is -0.477. The fraction of sp³-hybridized carbons (Fsp3) is 0.261. The molecule has 36 heavy (non-hydrogen) atoms. The molecule has 0 radical (unpaired) electrons. The molecule has 2 atom stereocenters.